The third-order valence-corrected chi connectivity index (χ3v) is 2.48. The molecule has 0 spiro atoms. The molecule has 1 N–H and O–H groups in total. The molecule has 0 radical (unpaired) electrons. The second-order valence-corrected chi connectivity index (χ2v) is 4.85. The van der Waals surface area contributed by atoms with Gasteiger partial charge in [0.2, 0.25) is 0 Å². The highest BCUT2D eigenvalue weighted by atomic mass is 35.5. The number of phenols is 1. The van der Waals surface area contributed by atoms with Crippen LogP contribution < -0.4 is 0 Å². The molecule has 2 atom stereocenters. The molecule has 0 saturated carbocycles. The highest BCUT2D eigenvalue weighted by Gasteiger charge is 2.09. The minimum Gasteiger partial charge on any atom is -0.508 e. The molecule has 0 aromatic heterocycles. The average molecular weight is 233 g/mol. The summed E-state index contributed by atoms with van der Waals surface area (Å²) in [6, 6.07) is 7.10. The van der Waals surface area contributed by atoms with Crippen LogP contribution in [-0.2, 0) is 6.42 Å². The smallest absolute Gasteiger partial charge is 0.115 e. The Labute approximate surface area is 94.7 Å². The lowest BCUT2D eigenvalue weighted by atomic mass is 10.1. The van der Waals surface area contributed by atoms with Crippen molar-refractivity contribution in [1.82, 2.24) is 0 Å². The molecule has 1 nitrogen and oxygen atoms in total. The standard InChI is InChI=1S/C11H14Cl2O/c1-8(12)6-10(13)7-9-2-4-11(14)5-3-9/h2-5,8,10,14H,6-7H2,1H3. The van der Waals surface area contributed by atoms with Crippen molar-refractivity contribution in [2.75, 3.05) is 0 Å². The van der Waals surface area contributed by atoms with Crippen LogP contribution >= 0.6 is 23.2 Å². The second kappa shape index (κ2) is 5.47. The number of phenolic OH excluding ortho intramolecular Hbond substituents is 1. The van der Waals surface area contributed by atoms with Gasteiger partial charge in [-0.05, 0) is 37.5 Å². The van der Waals surface area contributed by atoms with Gasteiger partial charge in [-0.1, -0.05) is 12.1 Å². The van der Waals surface area contributed by atoms with E-state index in [2.05, 4.69) is 0 Å². The van der Waals surface area contributed by atoms with E-state index in [0.29, 0.717) is 0 Å². The van der Waals surface area contributed by atoms with Gasteiger partial charge in [0, 0.05) is 10.8 Å². The summed E-state index contributed by atoms with van der Waals surface area (Å²) in [5.74, 6) is 0.283. The highest BCUT2D eigenvalue weighted by Crippen LogP contribution is 2.17. The third-order valence-electron chi connectivity index (χ3n) is 1.97. The van der Waals surface area contributed by atoms with E-state index in [9.17, 15) is 0 Å². The summed E-state index contributed by atoms with van der Waals surface area (Å²) >= 11 is 11.9. The number of hydrogen-bond donors (Lipinski definition) is 1. The minimum absolute atomic E-state index is 0.0621. The van der Waals surface area contributed by atoms with Crippen LogP contribution in [0.15, 0.2) is 24.3 Å². The number of rotatable bonds is 4. The van der Waals surface area contributed by atoms with E-state index >= 15 is 0 Å². The van der Waals surface area contributed by atoms with Crippen LogP contribution in [0.3, 0.4) is 0 Å². The Morgan fingerprint density at radius 3 is 2.29 bits per heavy atom. The Morgan fingerprint density at radius 1 is 1.21 bits per heavy atom. The average Bonchev–Trinajstić information content (AvgIpc) is 2.07. The first-order chi connectivity index (χ1) is 6.58. The van der Waals surface area contributed by atoms with Gasteiger partial charge in [-0.15, -0.1) is 23.2 Å². The molecule has 2 unspecified atom stereocenters. The van der Waals surface area contributed by atoms with Crippen molar-refractivity contribution in [2.45, 2.75) is 30.5 Å². The van der Waals surface area contributed by atoms with E-state index in [1.165, 1.54) is 0 Å². The lowest BCUT2D eigenvalue weighted by Gasteiger charge is -2.10. The van der Waals surface area contributed by atoms with Gasteiger partial charge in [-0.25, -0.2) is 0 Å². The lowest BCUT2D eigenvalue weighted by molar-refractivity contribution is 0.475. The van der Waals surface area contributed by atoms with Crippen LogP contribution in [0, 0.1) is 0 Å². The van der Waals surface area contributed by atoms with E-state index in [1.807, 2.05) is 19.1 Å². The fraction of sp³-hybridized carbons (Fsp3) is 0.455. The number of aromatic hydroxyl groups is 1. The van der Waals surface area contributed by atoms with E-state index in [-0.39, 0.29) is 16.5 Å². The van der Waals surface area contributed by atoms with Crippen LogP contribution in [0.5, 0.6) is 5.75 Å². The predicted molar refractivity (Wildman–Crippen MR) is 61.4 cm³/mol. The first-order valence-electron chi connectivity index (χ1n) is 4.64. The van der Waals surface area contributed by atoms with Crippen molar-refractivity contribution in [3.8, 4) is 5.75 Å². The van der Waals surface area contributed by atoms with Gasteiger partial charge in [0.25, 0.3) is 0 Å². The molecule has 0 aliphatic carbocycles. The minimum atomic E-state index is 0.0621. The molecule has 0 saturated heterocycles. The molecule has 0 aliphatic rings. The van der Waals surface area contributed by atoms with Crippen molar-refractivity contribution in [1.29, 1.82) is 0 Å². The van der Waals surface area contributed by atoms with Gasteiger partial charge in [0.1, 0.15) is 5.75 Å². The van der Waals surface area contributed by atoms with Crippen LogP contribution in [0.1, 0.15) is 18.9 Å². The molecule has 0 amide bonds. The monoisotopic (exact) mass is 232 g/mol. The number of alkyl halides is 2. The van der Waals surface area contributed by atoms with Gasteiger partial charge in [-0.2, -0.15) is 0 Å². The number of halogens is 2. The fourth-order valence-corrected chi connectivity index (χ4v) is 2.08. The molecule has 78 valence electrons. The maximum Gasteiger partial charge on any atom is 0.115 e. The zero-order valence-electron chi connectivity index (χ0n) is 8.08. The summed E-state index contributed by atoms with van der Waals surface area (Å²) in [6.45, 7) is 1.94. The normalized spacial score (nSPS) is 15.1. The number of hydrogen-bond acceptors (Lipinski definition) is 1. The largest absolute Gasteiger partial charge is 0.508 e. The van der Waals surface area contributed by atoms with E-state index in [4.69, 9.17) is 28.3 Å². The summed E-state index contributed by atoms with van der Waals surface area (Å²) in [6.07, 6.45) is 1.59. The molecule has 1 aromatic rings. The van der Waals surface area contributed by atoms with Gasteiger partial charge in [0.05, 0.1) is 0 Å². The Hall–Kier alpha value is -0.400. The SMILES string of the molecule is CC(Cl)CC(Cl)Cc1ccc(O)cc1. The van der Waals surface area contributed by atoms with E-state index in [1.54, 1.807) is 12.1 Å². The predicted octanol–water partition coefficient (Wildman–Crippen LogP) is 3.56. The number of benzene rings is 1. The van der Waals surface area contributed by atoms with Gasteiger partial charge in [0.15, 0.2) is 0 Å². The lowest BCUT2D eigenvalue weighted by Crippen LogP contribution is -2.08. The van der Waals surface area contributed by atoms with Crippen LogP contribution in [0.4, 0.5) is 0 Å². The Kier molecular flexibility index (Phi) is 4.56. The van der Waals surface area contributed by atoms with Crippen molar-refractivity contribution in [3.63, 3.8) is 0 Å². The summed E-state index contributed by atoms with van der Waals surface area (Å²) in [5.41, 5.74) is 1.13. The van der Waals surface area contributed by atoms with Crippen LogP contribution in [0.2, 0.25) is 0 Å². The van der Waals surface area contributed by atoms with Crippen molar-refractivity contribution in [2.24, 2.45) is 0 Å². The molecule has 1 rings (SSSR count). The van der Waals surface area contributed by atoms with Crippen LogP contribution in [0.25, 0.3) is 0 Å². The van der Waals surface area contributed by atoms with Gasteiger partial charge in [-0.3, -0.25) is 0 Å². The van der Waals surface area contributed by atoms with Crippen LogP contribution in [-0.4, -0.2) is 15.9 Å². The van der Waals surface area contributed by atoms with E-state index < -0.39 is 0 Å². The first kappa shape index (κ1) is 11.7. The summed E-state index contributed by atoms with van der Waals surface area (Å²) < 4.78 is 0. The summed E-state index contributed by atoms with van der Waals surface area (Å²) in [7, 11) is 0. The highest BCUT2D eigenvalue weighted by molar-refractivity contribution is 6.23. The molecule has 0 fully saturated rings. The molecular weight excluding hydrogens is 219 g/mol. The molecule has 0 bridgehead atoms. The topological polar surface area (TPSA) is 20.2 Å². The molecular formula is C11H14Cl2O. The molecule has 0 aliphatic heterocycles. The Balaban J connectivity index is 2.47. The molecule has 0 heterocycles. The Morgan fingerprint density at radius 2 is 1.79 bits per heavy atom. The van der Waals surface area contributed by atoms with E-state index in [0.717, 1.165) is 18.4 Å². The second-order valence-electron chi connectivity index (χ2n) is 3.48. The van der Waals surface area contributed by atoms with Crippen molar-refractivity contribution >= 4 is 23.2 Å². The summed E-state index contributed by atoms with van der Waals surface area (Å²) in [4.78, 5) is 0. The van der Waals surface area contributed by atoms with Gasteiger partial charge >= 0.3 is 0 Å². The molecule has 3 heteroatoms. The third kappa shape index (κ3) is 4.21. The van der Waals surface area contributed by atoms with Gasteiger partial charge < -0.3 is 5.11 Å². The van der Waals surface area contributed by atoms with Crippen molar-refractivity contribution in [3.05, 3.63) is 29.8 Å². The molecule has 1 aromatic carbocycles. The Bertz CT molecular complexity index is 269. The maximum atomic E-state index is 9.08. The first-order valence-corrected chi connectivity index (χ1v) is 5.51. The zero-order valence-corrected chi connectivity index (χ0v) is 9.59. The summed E-state index contributed by atoms with van der Waals surface area (Å²) in [5, 5.41) is 9.25. The quantitative estimate of drug-likeness (QED) is 0.788. The fourth-order valence-electron chi connectivity index (χ4n) is 1.32. The zero-order chi connectivity index (χ0) is 10.6. The molecule has 14 heavy (non-hydrogen) atoms. The maximum absolute atomic E-state index is 9.08. The van der Waals surface area contributed by atoms with Crippen molar-refractivity contribution < 1.29 is 5.11 Å².